The van der Waals surface area contributed by atoms with Gasteiger partial charge in [-0.25, -0.2) is 0 Å². The Morgan fingerprint density at radius 3 is 2.31 bits per heavy atom. The van der Waals surface area contributed by atoms with Crippen LogP contribution in [0.3, 0.4) is 0 Å². The summed E-state index contributed by atoms with van der Waals surface area (Å²) in [7, 11) is 0. The minimum Gasteiger partial charge on any atom is -0.490 e. The third kappa shape index (κ3) is 7.47. The highest BCUT2D eigenvalue weighted by molar-refractivity contribution is 6.02. The molecule has 2 amide bonds. The number of carbonyl (C=O) groups excluding carboxylic acids is 2. The van der Waals surface area contributed by atoms with Gasteiger partial charge in [-0.1, -0.05) is 54.6 Å². The molecule has 7 heteroatoms. The Balaban J connectivity index is 1.69. The standard InChI is InChI=1S/C28H27N3O4/c1-3-34-26-17-21(14-15-25(26)35-19-27(32)31-24-12-8-5-9-13-24)16-23(18-29)28(33)30-20(2)22-10-6-4-7-11-22/h4-17,20H,3,19H2,1-2H3,(H,30,33)(H,31,32)/b23-16+. The molecule has 0 aliphatic heterocycles. The van der Waals surface area contributed by atoms with Crippen LogP contribution in [0.1, 0.15) is 31.0 Å². The number of nitrogens with zero attached hydrogens (tertiary/aromatic N) is 1. The lowest BCUT2D eigenvalue weighted by Gasteiger charge is -2.14. The van der Waals surface area contributed by atoms with Crippen LogP contribution in [-0.2, 0) is 9.59 Å². The van der Waals surface area contributed by atoms with E-state index in [9.17, 15) is 14.9 Å². The maximum absolute atomic E-state index is 12.7. The van der Waals surface area contributed by atoms with Crippen molar-refractivity contribution in [1.82, 2.24) is 5.32 Å². The number of hydrogen-bond acceptors (Lipinski definition) is 5. The van der Waals surface area contributed by atoms with Gasteiger partial charge in [0.15, 0.2) is 18.1 Å². The first-order chi connectivity index (χ1) is 17.0. The number of nitriles is 1. The monoisotopic (exact) mass is 469 g/mol. The second-order valence-corrected chi connectivity index (χ2v) is 7.62. The summed E-state index contributed by atoms with van der Waals surface area (Å²) in [6.07, 6.45) is 1.49. The van der Waals surface area contributed by atoms with Crippen molar-refractivity contribution in [3.63, 3.8) is 0 Å². The van der Waals surface area contributed by atoms with E-state index in [2.05, 4.69) is 10.6 Å². The van der Waals surface area contributed by atoms with Gasteiger partial charge in [-0.05, 0) is 55.3 Å². The molecule has 3 aromatic carbocycles. The van der Waals surface area contributed by atoms with Gasteiger partial charge in [0.05, 0.1) is 12.6 Å². The molecule has 3 aromatic rings. The zero-order valence-corrected chi connectivity index (χ0v) is 19.7. The molecule has 0 radical (unpaired) electrons. The van der Waals surface area contributed by atoms with Gasteiger partial charge in [0.25, 0.3) is 11.8 Å². The molecule has 178 valence electrons. The van der Waals surface area contributed by atoms with Gasteiger partial charge >= 0.3 is 0 Å². The molecule has 1 unspecified atom stereocenters. The molecule has 0 spiro atoms. The van der Waals surface area contributed by atoms with E-state index < -0.39 is 5.91 Å². The van der Waals surface area contributed by atoms with Gasteiger partial charge in [0, 0.05) is 5.69 Å². The van der Waals surface area contributed by atoms with Crippen LogP contribution in [0.4, 0.5) is 5.69 Å². The highest BCUT2D eigenvalue weighted by Crippen LogP contribution is 2.29. The predicted octanol–water partition coefficient (Wildman–Crippen LogP) is 4.89. The molecule has 0 bridgehead atoms. The summed E-state index contributed by atoms with van der Waals surface area (Å²) >= 11 is 0. The molecular formula is C28H27N3O4. The van der Waals surface area contributed by atoms with Crippen molar-refractivity contribution in [2.45, 2.75) is 19.9 Å². The second-order valence-electron chi connectivity index (χ2n) is 7.62. The van der Waals surface area contributed by atoms with E-state index in [1.54, 1.807) is 30.3 Å². The van der Waals surface area contributed by atoms with Crippen molar-refractivity contribution in [1.29, 1.82) is 5.26 Å². The lowest BCUT2D eigenvalue weighted by atomic mass is 10.1. The van der Waals surface area contributed by atoms with E-state index in [0.29, 0.717) is 29.4 Å². The maximum atomic E-state index is 12.7. The number of rotatable bonds is 10. The topological polar surface area (TPSA) is 100 Å². The Hall–Kier alpha value is -4.57. The zero-order valence-electron chi connectivity index (χ0n) is 19.7. The first-order valence-electron chi connectivity index (χ1n) is 11.2. The Morgan fingerprint density at radius 2 is 1.66 bits per heavy atom. The minimum atomic E-state index is -0.472. The Labute approximate surface area is 205 Å². The number of para-hydroxylation sites is 1. The number of nitrogens with one attached hydrogen (secondary N) is 2. The quantitative estimate of drug-likeness (QED) is 0.325. The molecular weight excluding hydrogens is 442 g/mol. The Morgan fingerprint density at radius 1 is 0.971 bits per heavy atom. The summed E-state index contributed by atoms with van der Waals surface area (Å²) in [6, 6.07) is 25.3. The van der Waals surface area contributed by atoms with Crippen molar-refractivity contribution in [3.05, 3.63) is 95.6 Å². The second kappa shape index (κ2) is 12.6. The van der Waals surface area contributed by atoms with Gasteiger partial charge in [0.1, 0.15) is 11.6 Å². The van der Waals surface area contributed by atoms with Gasteiger partial charge in [-0.3, -0.25) is 9.59 Å². The van der Waals surface area contributed by atoms with Crippen LogP contribution < -0.4 is 20.1 Å². The highest BCUT2D eigenvalue weighted by Gasteiger charge is 2.15. The largest absolute Gasteiger partial charge is 0.490 e. The summed E-state index contributed by atoms with van der Waals surface area (Å²) in [5.74, 6) is 0.00954. The number of benzene rings is 3. The van der Waals surface area contributed by atoms with Crippen LogP contribution in [0.2, 0.25) is 0 Å². The normalized spacial score (nSPS) is 11.6. The number of ether oxygens (including phenoxy) is 2. The summed E-state index contributed by atoms with van der Waals surface area (Å²) < 4.78 is 11.3. The molecule has 2 N–H and O–H groups in total. The summed E-state index contributed by atoms with van der Waals surface area (Å²) in [5, 5.41) is 15.2. The lowest BCUT2D eigenvalue weighted by molar-refractivity contribution is -0.118. The van der Waals surface area contributed by atoms with Crippen molar-refractivity contribution < 1.29 is 19.1 Å². The van der Waals surface area contributed by atoms with E-state index in [0.717, 1.165) is 5.56 Å². The van der Waals surface area contributed by atoms with Crippen molar-refractivity contribution in [2.24, 2.45) is 0 Å². The molecule has 0 heterocycles. The van der Waals surface area contributed by atoms with Gasteiger partial charge in [0.2, 0.25) is 0 Å². The fourth-order valence-corrected chi connectivity index (χ4v) is 3.28. The third-order valence-electron chi connectivity index (χ3n) is 5.01. The first kappa shape index (κ1) is 25.1. The average molecular weight is 470 g/mol. The summed E-state index contributed by atoms with van der Waals surface area (Å²) in [4.78, 5) is 24.9. The fourth-order valence-electron chi connectivity index (χ4n) is 3.28. The van der Waals surface area contributed by atoms with E-state index in [1.165, 1.54) is 6.08 Å². The number of amides is 2. The molecule has 0 aliphatic rings. The van der Waals surface area contributed by atoms with Gasteiger partial charge in [-0.2, -0.15) is 5.26 Å². The van der Waals surface area contributed by atoms with E-state index >= 15 is 0 Å². The van der Waals surface area contributed by atoms with E-state index in [4.69, 9.17) is 9.47 Å². The summed E-state index contributed by atoms with van der Waals surface area (Å²) in [5.41, 5.74) is 2.17. The molecule has 7 nitrogen and oxygen atoms in total. The fraction of sp³-hybridized carbons (Fsp3) is 0.179. The Kier molecular flexibility index (Phi) is 9.03. The van der Waals surface area contributed by atoms with Crippen LogP contribution >= 0.6 is 0 Å². The molecule has 0 saturated heterocycles. The lowest BCUT2D eigenvalue weighted by Crippen LogP contribution is -2.27. The van der Waals surface area contributed by atoms with Crippen LogP contribution in [0.5, 0.6) is 11.5 Å². The van der Waals surface area contributed by atoms with Crippen LogP contribution in [-0.4, -0.2) is 25.0 Å². The number of anilines is 1. The van der Waals surface area contributed by atoms with Gasteiger partial charge in [-0.15, -0.1) is 0 Å². The Bertz CT molecular complexity index is 1220. The first-order valence-corrected chi connectivity index (χ1v) is 11.2. The van der Waals surface area contributed by atoms with Crippen molar-refractivity contribution in [2.75, 3.05) is 18.5 Å². The average Bonchev–Trinajstić information content (AvgIpc) is 2.88. The molecule has 3 rings (SSSR count). The minimum absolute atomic E-state index is 0.0360. The van der Waals surface area contributed by atoms with Crippen molar-refractivity contribution in [3.8, 4) is 17.6 Å². The third-order valence-corrected chi connectivity index (χ3v) is 5.01. The number of carbonyl (C=O) groups is 2. The van der Waals surface area contributed by atoms with Gasteiger partial charge < -0.3 is 20.1 Å². The molecule has 0 saturated carbocycles. The maximum Gasteiger partial charge on any atom is 0.262 e. The predicted molar refractivity (Wildman–Crippen MR) is 135 cm³/mol. The van der Waals surface area contributed by atoms with Crippen molar-refractivity contribution >= 4 is 23.6 Å². The highest BCUT2D eigenvalue weighted by atomic mass is 16.5. The van der Waals surface area contributed by atoms with Crippen LogP contribution in [0, 0.1) is 11.3 Å². The molecule has 35 heavy (non-hydrogen) atoms. The van der Waals surface area contributed by atoms with E-state index in [1.807, 2.05) is 68.4 Å². The van der Waals surface area contributed by atoms with E-state index in [-0.39, 0.29) is 24.1 Å². The van der Waals surface area contributed by atoms with Crippen LogP contribution in [0.15, 0.2) is 84.4 Å². The molecule has 0 aliphatic carbocycles. The number of hydrogen-bond donors (Lipinski definition) is 2. The van der Waals surface area contributed by atoms with Crippen LogP contribution in [0.25, 0.3) is 6.08 Å². The molecule has 0 fully saturated rings. The molecule has 1 atom stereocenters. The smallest absolute Gasteiger partial charge is 0.262 e. The molecule has 0 aromatic heterocycles. The SMILES string of the molecule is CCOc1cc(/C=C(\C#N)C(=O)NC(C)c2ccccc2)ccc1OCC(=O)Nc1ccccc1. The zero-order chi connectivity index (χ0) is 25.0. The summed E-state index contributed by atoms with van der Waals surface area (Å²) in [6.45, 7) is 3.86.